The van der Waals surface area contributed by atoms with Crippen molar-refractivity contribution >= 4 is 44.7 Å². The Bertz CT molecular complexity index is 1250. The van der Waals surface area contributed by atoms with Crippen LogP contribution in [-0.4, -0.2) is 21.2 Å². The summed E-state index contributed by atoms with van der Waals surface area (Å²) >= 11 is 11.8. The third-order valence-electron chi connectivity index (χ3n) is 4.55. The van der Waals surface area contributed by atoms with Gasteiger partial charge in [-0.3, -0.25) is 9.10 Å². The number of nitriles is 1. The summed E-state index contributed by atoms with van der Waals surface area (Å²) in [5, 5.41) is 10.2. The number of Topliss-reactive ketones (excluding diaryl/α,β-unsaturated/α-hetero) is 1. The number of benzene rings is 3. The van der Waals surface area contributed by atoms with Crippen LogP contribution in [0.25, 0.3) is 0 Å². The Morgan fingerprint density at radius 3 is 2.33 bits per heavy atom. The number of hydrogen-bond acceptors (Lipinski definition) is 4. The highest BCUT2D eigenvalue weighted by molar-refractivity contribution is 7.92. The van der Waals surface area contributed by atoms with E-state index in [0.29, 0.717) is 26.9 Å². The Kier molecular flexibility index (Phi) is 6.47. The summed E-state index contributed by atoms with van der Waals surface area (Å²) in [4.78, 5) is 12.7. The number of hydrogen-bond donors (Lipinski definition) is 0. The minimum Gasteiger partial charge on any atom is -0.294 e. The summed E-state index contributed by atoms with van der Waals surface area (Å²) in [6.07, 6.45) is -0.0451. The first-order chi connectivity index (χ1) is 14.2. The maximum Gasteiger partial charge on any atom is 0.264 e. The van der Waals surface area contributed by atoms with E-state index in [1.165, 1.54) is 31.3 Å². The highest BCUT2D eigenvalue weighted by Crippen LogP contribution is 2.25. The van der Waals surface area contributed by atoms with Gasteiger partial charge in [-0.15, -0.1) is 0 Å². The fraction of sp³-hybridized carbons (Fsp3) is 0.0909. The minimum atomic E-state index is -3.88. The number of carbonyl (C=O) groups excluding carboxylic acids is 1. The molecule has 0 saturated heterocycles. The van der Waals surface area contributed by atoms with E-state index in [4.69, 9.17) is 23.2 Å². The average Bonchev–Trinajstić information content (AvgIpc) is 2.75. The van der Waals surface area contributed by atoms with E-state index in [-0.39, 0.29) is 22.7 Å². The van der Waals surface area contributed by atoms with Crippen molar-refractivity contribution in [3.8, 4) is 6.07 Å². The van der Waals surface area contributed by atoms with Crippen molar-refractivity contribution < 1.29 is 13.2 Å². The Labute approximate surface area is 185 Å². The zero-order valence-corrected chi connectivity index (χ0v) is 18.2. The molecule has 0 spiro atoms. The Hall–Kier alpha value is -2.85. The highest BCUT2D eigenvalue weighted by Gasteiger charge is 2.22. The molecule has 0 saturated carbocycles. The molecular formula is C22H16Cl2N2O3S. The first-order valence-corrected chi connectivity index (χ1v) is 11.0. The lowest BCUT2D eigenvalue weighted by Gasteiger charge is -2.20. The number of nitrogens with zero attached hydrogens (tertiary/aromatic N) is 2. The lowest BCUT2D eigenvalue weighted by molar-refractivity contribution is 0.0992. The van der Waals surface area contributed by atoms with Crippen LogP contribution in [-0.2, 0) is 16.4 Å². The normalized spacial score (nSPS) is 11.0. The Morgan fingerprint density at radius 2 is 1.67 bits per heavy atom. The van der Waals surface area contributed by atoms with Gasteiger partial charge in [0.2, 0.25) is 0 Å². The molecule has 5 nitrogen and oxygen atoms in total. The maximum absolute atomic E-state index is 13.0. The number of carbonyl (C=O) groups is 1. The van der Waals surface area contributed by atoms with Crippen LogP contribution >= 0.6 is 23.2 Å². The van der Waals surface area contributed by atoms with Crippen LogP contribution in [0.2, 0.25) is 10.0 Å². The van der Waals surface area contributed by atoms with E-state index in [0.717, 1.165) is 4.31 Å². The van der Waals surface area contributed by atoms with Gasteiger partial charge in [-0.2, -0.15) is 5.26 Å². The summed E-state index contributed by atoms with van der Waals surface area (Å²) in [5.41, 5.74) is 1.51. The van der Waals surface area contributed by atoms with Crippen LogP contribution in [0, 0.1) is 11.3 Å². The van der Waals surface area contributed by atoms with Crippen LogP contribution in [0.4, 0.5) is 5.69 Å². The van der Waals surface area contributed by atoms with Crippen molar-refractivity contribution in [1.29, 1.82) is 5.26 Å². The molecule has 0 radical (unpaired) electrons. The summed E-state index contributed by atoms with van der Waals surface area (Å²) in [6, 6.07) is 19.0. The van der Waals surface area contributed by atoms with E-state index in [9.17, 15) is 18.5 Å². The highest BCUT2D eigenvalue weighted by atomic mass is 35.5. The molecule has 0 aromatic heterocycles. The second-order valence-electron chi connectivity index (χ2n) is 6.49. The topological polar surface area (TPSA) is 78.2 Å². The molecule has 0 aliphatic carbocycles. The molecule has 3 aromatic carbocycles. The molecular weight excluding hydrogens is 443 g/mol. The molecule has 3 aromatic rings. The summed E-state index contributed by atoms with van der Waals surface area (Å²) in [6.45, 7) is 0. The quantitative estimate of drug-likeness (QED) is 0.480. The van der Waals surface area contributed by atoms with Gasteiger partial charge in [0.05, 0.1) is 22.2 Å². The Balaban J connectivity index is 1.89. The van der Waals surface area contributed by atoms with Crippen molar-refractivity contribution in [2.45, 2.75) is 11.3 Å². The lowest BCUT2D eigenvalue weighted by Crippen LogP contribution is -2.26. The van der Waals surface area contributed by atoms with Gasteiger partial charge in [0, 0.05) is 29.1 Å². The summed E-state index contributed by atoms with van der Waals surface area (Å²) < 4.78 is 27.1. The summed E-state index contributed by atoms with van der Waals surface area (Å²) in [7, 11) is -2.45. The second-order valence-corrected chi connectivity index (χ2v) is 9.33. The Morgan fingerprint density at radius 1 is 1.00 bits per heavy atom. The first-order valence-electron chi connectivity index (χ1n) is 8.78. The van der Waals surface area contributed by atoms with Crippen LogP contribution < -0.4 is 4.31 Å². The van der Waals surface area contributed by atoms with E-state index < -0.39 is 10.0 Å². The van der Waals surface area contributed by atoms with Gasteiger partial charge in [0.25, 0.3) is 10.0 Å². The zero-order chi connectivity index (χ0) is 21.9. The summed E-state index contributed by atoms with van der Waals surface area (Å²) in [5.74, 6) is -0.306. The van der Waals surface area contributed by atoms with Gasteiger partial charge in [-0.25, -0.2) is 8.42 Å². The molecule has 0 fully saturated rings. The van der Waals surface area contributed by atoms with Crippen molar-refractivity contribution in [2.24, 2.45) is 0 Å². The van der Waals surface area contributed by atoms with Gasteiger partial charge in [0.1, 0.15) is 0 Å². The van der Waals surface area contributed by atoms with Gasteiger partial charge in [0.15, 0.2) is 5.78 Å². The van der Waals surface area contributed by atoms with Crippen molar-refractivity contribution in [1.82, 2.24) is 0 Å². The third-order valence-corrected chi connectivity index (χ3v) is 6.82. The SMILES string of the molecule is CN(c1ccc(Cl)cc1)S(=O)(=O)c1cccc(C(=O)Cc2ccc(Cl)cc2C#N)c1. The largest absolute Gasteiger partial charge is 0.294 e. The molecule has 0 heterocycles. The molecule has 0 amide bonds. The predicted molar refractivity (Wildman–Crippen MR) is 118 cm³/mol. The average molecular weight is 459 g/mol. The molecule has 8 heteroatoms. The van der Waals surface area contributed by atoms with Gasteiger partial charge < -0.3 is 0 Å². The van der Waals surface area contributed by atoms with Crippen LogP contribution in [0.5, 0.6) is 0 Å². The van der Waals surface area contributed by atoms with Crippen LogP contribution in [0.3, 0.4) is 0 Å². The van der Waals surface area contributed by atoms with Crippen molar-refractivity contribution in [2.75, 3.05) is 11.4 Å². The van der Waals surface area contributed by atoms with E-state index >= 15 is 0 Å². The maximum atomic E-state index is 13.0. The van der Waals surface area contributed by atoms with Gasteiger partial charge >= 0.3 is 0 Å². The van der Waals surface area contributed by atoms with E-state index in [2.05, 4.69) is 0 Å². The lowest BCUT2D eigenvalue weighted by atomic mass is 9.99. The van der Waals surface area contributed by atoms with Crippen molar-refractivity contribution in [3.63, 3.8) is 0 Å². The molecule has 0 bridgehead atoms. The molecule has 0 aliphatic rings. The molecule has 0 N–H and O–H groups in total. The number of rotatable bonds is 6. The molecule has 3 rings (SSSR count). The van der Waals surface area contributed by atoms with E-state index in [1.807, 2.05) is 6.07 Å². The van der Waals surface area contributed by atoms with E-state index in [1.54, 1.807) is 42.5 Å². The van der Waals surface area contributed by atoms with Gasteiger partial charge in [-0.1, -0.05) is 41.4 Å². The third kappa shape index (κ3) is 4.65. The molecule has 0 aliphatic heterocycles. The van der Waals surface area contributed by atoms with Gasteiger partial charge in [-0.05, 0) is 54.1 Å². The monoisotopic (exact) mass is 458 g/mol. The zero-order valence-electron chi connectivity index (χ0n) is 15.8. The molecule has 152 valence electrons. The fourth-order valence-corrected chi connectivity index (χ4v) is 4.40. The fourth-order valence-electron chi connectivity index (χ4n) is 2.86. The van der Waals surface area contributed by atoms with Crippen LogP contribution in [0.15, 0.2) is 71.6 Å². The molecule has 0 unspecified atom stereocenters. The molecule has 30 heavy (non-hydrogen) atoms. The van der Waals surface area contributed by atoms with Crippen LogP contribution in [0.1, 0.15) is 21.5 Å². The number of halogens is 2. The first kappa shape index (κ1) is 21.8. The minimum absolute atomic E-state index is 0.0117. The standard InChI is InChI=1S/C22H16Cl2N2O3S/c1-26(20-9-7-18(23)8-10-20)30(28,29)21-4-2-3-16(12-21)22(27)13-15-5-6-19(24)11-17(15)14-25/h2-12H,13H2,1H3. The number of anilines is 1. The number of ketones is 1. The molecule has 0 atom stereocenters. The van der Waals surface area contributed by atoms with Crippen molar-refractivity contribution in [3.05, 3.63) is 93.5 Å². The number of sulfonamides is 1. The second kappa shape index (κ2) is 8.88. The smallest absolute Gasteiger partial charge is 0.264 e. The predicted octanol–water partition coefficient (Wildman–Crippen LogP) is 5.12.